The summed E-state index contributed by atoms with van der Waals surface area (Å²) >= 11 is 1.09. The molecule has 146 valence electrons. The highest BCUT2D eigenvalue weighted by Gasteiger charge is 2.39. The number of rotatable bonds is 6. The number of ether oxygens (including phenoxy) is 1. The number of aromatic nitrogens is 1. The SMILES string of the molecule is COc1cc2c(c(C(=O)O)c1)OB(O)[C@@H](CC(=O)/C(=N\O)c1csc(N)n1)C2. The number of oxime groups is 1. The molecule has 0 saturated carbocycles. The van der Waals surface area contributed by atoms with Gasteiger partial charge >= 0.3 is 13.1 Å². The molecule has 0 saturated heterocycles. The van der Waals surface area contributed by atoms with Crippen LogP contribution in [0.1, 0.15) is 28.0 Å². The Labute approximate surface area is 163 Å². The zero-order valence-electron chi connectivity index (χ0n) is 14.7. The van der Waals surface area contributed by atoms with Crippen molar-refractivity contribution in [3.05, 3.63) is 34.3 Å². The average Bonchev–Trinajstić information content (AvgIpc) is 3.08. The Hall–Kier alpha value is -3.12. The van der Waals surface area contributed by atoms with E-state index in [0.717, 1.165) is 11.3 Å². The summed E-state index contributed by atoms with van der Waals surface area (Å²) in [4.78, 5) is 27.9. The molecule has 28 heavy (non-hydrogen) atoms. The minimum absolute atomic E-state index is 0.0350. The van der Waals surface area contributed by atoms with Crippen molar-refractivity contribution in [2.75, 3.05) is 12.8 Å². The zero-order valence-corrected chi connectivity index (χ0v) is 15.5. The number of fused-ring (bicyclic) bond motifs is 1. The predicted molar refractivity (Wildman–Crippen MR) is 100 cm³/mol. The molecule has 12 heteroatoms. The van der Waals surface area contributed by atoms with Crippen molar-refractivity contribution in [2.24, 2.45) is 5.16 Å². The van der Waals surface area contributed by atoms with E-state index < -0.39 is 24.7 Å². The second kappa shape index (κ2) is 7.86. The topological polar surface area (TPSA) is 165 Å². The number of thiazole rings is 1. The van der Waals surface area contributed by atoms with Gasteiger partial charge in [0.2, 0.25) is 0 Å². The number of Topliss-reactive ketones (excluding diaryl/α,β-unsaturated/α-hetero) is 1. The van der Waals surface area contributed by atoms with Gasteiger partial charge in [0.1, 0.15) is 22.8 Å². The molecule has 1 aliphatic rings. The Bertz CT molecular complexity index is 962. The number of anilines is 1. The first kappa shape index (κ1) is 19.6. The molecule has 0 unspecified atom stereocenters. The van der Waals surface area contributed by atoms with Gasteiger partial charge < -0.3 is 30.5 Å². The maximum Gasteiger partial charge on any atom is 0.526 e. The van der Waals surface area contributed by atoms with Crippen LogP contribution in [0.15, 0.2) is 22.7 Å². The highest BCUT2D eigenvalue weighted by molar-refractivity contribution is 7.13. The van der Waals surface area contributed by atoms with Crippen LogP contribution in [-0.2, 0) is 11.2 Å². The molecule has 3 rings (SSSR count). The number of methoxy groups -OCH3 is 1. The molecule has 0 amide bonds. The lowest BCUT2D eigenvalue weighted by Crippen LogP contribution is -2.37. The molecule has 2 aromatic rings. The summed E-state index contributed by atoms with van der Waals surface area (Å²) in [5.41, 5.74) is 5.74. The van der Waals surface area contributed by atoms with Crippen molar-refractivity contribution in [3.63, 3.8) is 0 Å². The fourth-order valence-corrected chi connectivity index (χ4v) is 3.53. The van der Waals surface area contributed by atoms with E-state index in [0.29, 0.717) is 11.3 Å². The number of hydrogen-bond acceptors (Lipinski definition) is 10. The van der Waals surface area contributed by atoms with E-state index in [1.54, 1.807) is 6.07 Å². The summed E-state index contributed by atoms with van der Waals surface area (Å²) in [7, 11) is -0.0143. The number of hydrogen-bond donors (Lipinski definition) is 4. The first-order valence-electron chi connectivity index (χ1n) is 8.09. The average molecular weight is 405 g/mol. The fraction of sp³-hybridized carbons (Fsp3) is 0.250. The first-order chi connectivity index (χ1) is 13.3. The van der Waals surface area contributed by atoms with Crippen LogP contribution < -0.4 is 15.1 Å². The number of nitrogens with zero attached hydrogens (tertiary/aromatic N) is 2. The first-order valence-corrected chi connectivity index (χ1v) is 8.97. The van der Waals surface area contributed by atoms with Gasteiger partial charge in [-0.05, 0) is 24.1 Å². The van der Waals surface area contributed by atoms with Gasteiger partial charge in [-0.2, -0.15) is 0 Å². The molecule has 0 spiro atoms. The van der Waals surface area contributed by atoms with Gasteiger partial charge in [0.25, 0.3) is 0 Å². The monoisotopic (exact) mass is 405 g/mol. The summed E-state index contributed by atoms with van der Waals surface area (Å²) < 4.78 is 10.5. The Morgan fingerprint density at radius 2 is 2.25 bits per heavy atom. The quantitative estimate of drug-likeness (QED) is 0.238. The number of benzene rings is 1. The van der Waals surface area contributed by atoms with Crippen LogP contribution >= 0.6 is 11.3 Å². The Morgan fingerprint density at radius 1 is 1.50 bits per heavy atom. The van der Waals surface area contributed by atoms with Crippen molar-refractivity contribution in [2.45, 2.75) is 18.7 Å². The second-order valence-electron chi connectivity index (χ2n) is 6.09. The molecule has 1 aromatic carbocycles. The van der Waals surface area contributed by atoms with E-state index in [2.05, 4.69) is 10.1 Å². The van der Waals surface area contributed by atoms with Crippen LogP contribution in [0, 0.1) is 0 Å². The summed E-state index contributed by atoms with van der Waals surface area (Å²) in [6, 6.07) is 2.88. The van der Waals surface area contributed by atoms with E-state index in [9.17, 15) is 24.9 Å². The van der Waals surface area contributed by atoms with E-state index in [4.69, 9.17) is 15.1 Å². The lowest BCUT2D eigenvalue weighted by atomic mass is 9.64. The smallest absolute Gasteiger partial charge is 0.526 e. The Kier molecular flexibility index (Phi) is 5.52. The molecular formula is C16H16BN3O7S. The Balaban J connectivity index is 1.85. The standard InChI is InChI=1S/C16H16BN3O7S/c1-26-9-3-7-2-8(17(24)27-14(7)10(5-9)15(22)23)4-12(21)13(20-25)11-6-28-16(18)19-11/h3,5-6,8,24-25H,2,4H2,1H3,(H2,18,19)(H,22,23)/b20-13-/t8-/m1/s1. The number of aromatic carboxylic acids is 1. The molecule has 10 nitrogen and oxygen atoms in total. The summed E-state index contributed by atoms with van der Waals surface area (Å²) in [6.07, 6.45) is -0.0469. The van der Waals surface area contributed by atoms with Gasteiger partial charge in [-0.3, -0.25) is 4.79 Å². The maximum atomic E-state index is 12.6. The van der Waals surface area contributed by atoms with Crippen molar-refractivity contribution >= 4 is 41.1 Å². The van der Waals surface area contributed by atoms with Gasteiger partial charge in [0.05, 0.1) is 7.11 Å². The fourth-order valence-electron chi connectivity index (χ4n) is 2.98. The van der Waals surface area contributed by atoms with Crippen LogP contribution in [0.3, 0.4) is 0 Å². The zero-order chi connectivity index (χ0) is 20.4. The minimum atomic E-state index is -1.41. The van der Waals surface area contributed by atoms with Gasteiger partial charge in [0, 0.05) is 17.6 Å². The van der Waals surface area contributed by atoms with Gasteiger partial charge in [-0.25, -0.2) is 9.78 Å². The molecular weight excluding hydrogens is 389 g/mol. The summed E-state index contributed by atoms with van der Waals surface area (Å²) in [6.45, 7) is 0. The van der Waals surface area contributed by atoms with E-state index in [-0.39, 0.29) is 40.7 Å². The molecule has 1 aliphatic heterocycles. The van der Waals surface area contributed by atoms with Crippen LogP contribution in [0.25, 0.3) is 0 Å². The third kappa shape index (κ3) is 3.77. The van der Waals surface area contributed by atoms with Crippen molar-refractivity contribution < 1.29 is 34.3 Å². The van der Waals surface area contributed by atoms with Crippen molar-refractivity contribution in [1.82, 2.24) is 4.98 Å². The van der Waals surface area contributed by atoms with Crippen LogP contribution in [0.4, 0.5) is 5.13 Å². The highest BCUT2D eigenvalue weighted by atomic mass is 32.1. The molecule has 5 N–H and O–H groups in total. The third-order valence-corrected chi connectivity index (χ3v) is 4.98. The normalized spacial score (nSPS) is 16.3. The van der Waals surface area contributed by atoms with E-state index in [1.165, 1.54) is 18.6 Å². The molecule has 0 radical (unpaired) electrons. The number of ketones is 1. The van der Waals surface area contributed by atoms with E-state index >= 15 is 0 Å². The van der Waals surface area contributed by atoms with Gasteiger partial charge in [-0.15, -0.1) is 11.3 Å². The minimum Gasteiger partial charge on any atom is -0.535 e. The summed E-state index contributed by atoms with van der Waals surface area (Å²) in [5, 5.41) is 33.5. The van der Waals surface area contributed by atoms with E-state index in [1.807, 2.05) is 0 Å². The summed E-state index contributed by atoms with van der Waals surface area (Å²) in [5.74, 6) is -2.14. The second-order valence-corrected chi connectivity index (χ2v) is 6.98. The number of nitrogens with two attached hydrogens (primary N) is 1. The lowest BCUT2D eigenvalue weighted by Gasteiger charge is -2.28. The molecule has 0 aliphatic carbocycles. The maximum absolute atomic E-state index is 12.6. The molecule has 1 atom stereocenters. The molecule has 0 fully saturated rings. The van der Waals surface area contributed by atoms with Crippen molar-refractivity contribution in [3.8, 4) is 11.5 Å². The van der Waals surface area contributed by atoms with Crippen LogP contribution in [0.5, 0.6) is 11.5 Å². The van der Waals surface area contributed by atoms with Gasteiger partial charge in [-0.1, -0.05) is 5.16 Å². The molecule has 0 bridgehead atoms. The lowest BCUT2D eigenvalue weighted by molar-refractivity contribution is -0.113. The largest absolute Gasteiger partial charge is 0.535 e. The molecule has 1 aromatic heterocycles. The van der Waals surface area contributed by atoms with Gasteiger partial charge in [0.15, 0.2) is 16.6 Å². The molecule has 2 heterocycles. The Morgan fingerprint density at radius 3 is 2.82 bits per heavy atom. The van der Waals surface area contributed by atoms with Crippen LogP contribution in [-0.4, -0.2) is 52.0 Å². The number of carboxylic acid groups (broad SMARTS) is 1. The highest BCUT2D eigenvalue weighted by Crippen LogP contribution is 2.39. The number of carboxylic acids is 1. The van der Waals surface area contributed by atoms with Crippen LogP contribution in [0.2, 0.25) is 5.82 Å². The number of nitrogen functional groups attached to an aromatic ring is 1. The number of carbonyl (C=O) groups is 2. The predicted octanol–water partition coefficient (Wildman–Crippen LogP) is 1.06. The van der Waals surface area contributed by atoms with Crippen molar-refractivity contribution in [1.29, 1.82) is 0 Å². The number of carbonyl (C=O) groups excluding carboxylic acids is 1. The third-order valence-electron chi connectivity index (χ3n) is 4.31.